The van der Waals surface area contributed by atoms with E-state index in [1.165, 1.54) is 26.2 Å². The molecule has 1 fully saturated rings. The van der Waals surface area contributed by atoms with E-state index >= 15 is 0 Å². The van der Waals surface area contributed by atoms with Gasteiger partial charge >= 0.3 is 0 Å². The Morgan fingerprint density at radius 1 is 1.36 bits per heavy atom. The quantitative estimate of drug-likeness (QED) is 0.698. The lowest BCUT2D eigenvalue weighted by atomic mass is 10.2. The van der Waals surface area contributed by atoms with Crippen LogP contribution in [0.4, 0.5) is 5.69 Å². The SMILES string of the molecule is CCCCNS(=O)(=O)c1cc(N2C(=O)C(C)CS2(=O)=O)ccc1OC. The van der Waals surface area contributed by atoms with Crippen LogP contribution in [0, 0.1) is 5.92 Å². The highest BCUT2D eigenvalue weighted by Crippen LogP contribution is 2.33. The fourth-order valence-electron chi connectivity index (χ4n) is 2.55. The summed E-state index contributed by atoms with van der Waals surface area (Å²) in [7, 11) is -6.40. The first-order valence-electron chi connectivity index (χ1n) is 7.88. The van der Waals surface area contributed by atoms with E-state index in [9.17, 15) is 21.6 Å². The molecule has 1 amide bonds. The van der Waals surface area contributed by atoms with Gasteiger partial charge in [0.15, 0.2) is 0 Å². The highest BCUT2D eigenvalue weighted by molar-refractivity contribution is 7.94. The lowest BCUT2D eigenvalue weighted by Crippen LogP contribution is -2.31. The smallest absolute Gasteiger partial charge is 0.244 e. The zero-order chi connectivity index (χ0) is 18.8. The van der Waals surface area contributed by atoms with Crippen molar-refractivity contribution in [3.8, 4) is 5.75 Å². The molecular weight excluding hydrogens is 368 g/mol. The van der Waals surface area contributed by atoms with Crippen molar-refractivity contribution in [3.05, 3.63) is 18.2 Å². The molecular formula is C15H22N2O6S2. The van der Waals surface area contributed by atoms with Gasteiger partial charge in [-0.1, -0.05) is 20.3 Å². The molecule has 0 aromatic heterocycles. The molecule has 2 rings (SSSR count). The zero-order valence-electron chi connectivity index (χ0n) is 14.4. The summed E-state index contributed by atoms with van der Waals surface area (Å²) in [5, 5.41) is 0. The third kappa shape index (κ3) is 3.96. The van der Waals surface area contributed by atoms with Gasteiger partial charge in [-0.25, -0.2) is 25.9 Å². The van der Waals surface area contributed by atoms with Crippen molar-refractivity contribution in [1.82, 2.24) is 4.72 Å². The summed E-state index contributed by atoms with van der Waals surface area (Å²) in [6.07, 6.45) is 1.48. The predicted molar refractivity (Wildman–Crippen MR) is 93.5 cm³/mol. The van der Waals surface area contributed by atoms with Gasteiger partial charge in [0.1, 0.15) is 10.6 Å². The van der Waals surface area contributed by atoms with Crippen molar-refractivity contribution in [2.45, 2.75) is 31.6 Å². The van der Waals surface area contributed by atoms with Gasteiger partial charge in [-0.3, -0.25) is 4.79 Å². The molecule has 1 saturated heterocycles. The third-order valence-electron chi connectivity index (χ3n) is 3.85. The lowest BCUT2D eigenvalue weighted by molar-refractivity contribution is -0.119. The van der Waals surface area contributed by atoms with E-state index in [0.29, 0.717) is 10.7 Å². The molecule has 25 heavy (non-hydrogen) atoms. The molecule has 1 heterocycles. The van der Waals surface area contributed by atoms with Crippen LogP contribution in [0.15, 0.2) is 23.1 Å². The average Bonchev–Trinajstić information content (AvgIpc) is 2.74. The second kappa shape index (κ2) is 7.30. The van der Waals surface area contributed by atoms with Crippen molar-refractivity contribution < 1.29 is 26.4 Å². The lowest BCUT2D eigenvalue weighted by Gasteiger charge is -2.18. The van der Waals surface area contributed by atoms with E-state index in [1.807, 2.05) is 6.92 Å². The second-order valence-corrected chi connectivity index (χ2v) is 9.47. The van der Waals surface area contributed by atoms with Crippen LogP contribution in [0.3, 0.4) is 0 Å². The van der Waals surface area contributed by atoms with Gasteiger partial charge in [0.2, 0.25) is 26.0 Å². The predicted octanol–water partition coefficient (Wildman–Crippen LogP) is 1.09. The van der Waals surface area contributed by atoms with Crippen molar-refractivity contribution in [2.75, 3.05) is 23.7 Å². The van der Waals surface area contributed by atoms with Gasteiger partial charge in [0, 0.05) is 6.54 Å². The highest BCUT2D eigenvalue weighted by Gasteiger charge is 2.42. The fourth-order valence-corrected chi connectivity index (χ4v) is 5.62. The van der Waals surface area contributed by atoms with Crippen molar-refractivity contribution in [3.63, 3.8) is 0 Å². The summed E-state index contributed by atoms with van der Waals surface area (Å²) in [5.74, 6) is -1.47. The number of nitrogens with zero attached hydrogens (tertiary/aromatic N) is 1. The molecule has 0 spiro atoms. The van der Waals surface area contributed by atoms with E-state index in [2.05, 4.69) is 4.72 Å². The number of hydrogen-bond acceptors (Lipinski definition) is 6. The van der Waals surface area contributed by atoms with Gasteiger partial charge in [0.05, 0.1) is 24.5 Å². The first-order valence-corrected chi connectivity index (χ1v) is 11.0. The number of hydrogen-bond donors (Lipinski definition) is 1. The second-order valence-electron chi connectivity index (χ2n) is 5.87. The topological polar surface area (TPSA) is 110 Å². The number of carbonyl (C=O) groups excluding carboxylic acids is 1. The molecule has 1 aliphatic heterocycles. The van der Waals surface area contributed by atoms with Gasteiger partial charge in [-0.05, 0) is 24.6 Å². The number of methoxy groups -OCH3 is 1. The van der Waals surface area contributed by atoms with Crippen LogP contribution in [0.5, 0.6) is 5.75 Å². The molecule has 0 saturated carbocycles. The molecule has 0 bridgehead atoms. The van der Waals surface area contributed by atoms with Gasteiger partial charge in [-0.15, -0.1) is 0 Å². The van der Waals surface area contributed by atoms with Crippen LogP contribution >= 0.6 is 0 Å². The molecule has 1 N–H and O–H groups in total. The van der Waals surface area contributed by atoms with Gasteiger partial charge in [0.25, 0.3) is 0 Å². The number of nitrogens with one attached hydrogen (secondary N) is 1. The molecule has 8 nitrogen and oxygen atoms in total. The van der Waals surface area contributed by atoms with Crippen LogP contribution in [0.2, 0.25) is 0 Å². The molecule has 0 radical (unpaired) electrons. The van der Waals surface area contributed by atoms with Crippen LogP contribution < -0.4 is 13.8 Å². The Morgan fingerprint density at radius 2 is 2.04 bits per heavy atom. The molecule has 1 aromatic rings. The normalized spacial score (nSPS) is 20.0. The fraction of sp³-hybridized carbons (Fsp3) is 0.533. The van der Waals surface area contributed by atoms with E-state index < -0.39 is 31.9 Å². The number of ether oxygens (including phenoxy) is 1. The van der Waals surface area contributed by atoms with E-state index in [-0.39, 0.29) is 28.6 Å². The highest BCUT2D eigenvalue weighted by atomic mass is 32.2. The molecule has 1 aliphatic rings. The third-order valence-corrected chi connectivity index (χ3v) is 7.20. The van der Waals surface area contributed by atoms with Crippen molar-refractivity contribution >= 4 is 31.6 Å². The Bertz CT molecular complexity index is 864. The van der Waals surface area contributed by atoms with Crippen molar-refractivity contribution in [1.29, 1.82) is 0 Å². The Hall–Kier alpha value is -1.65. The molecule has 1 unspecified atom stereocenters. The number of sulfonamides is 2. The summed E-state index contributed by atoms with van der Waals surface area (Å²) in [5.41, 5.74) is -0.00832. The minimum Gasteiger partial charge on any atom is -0.495 e. The van der Waals surface area contributed by atoms with E-state index in [0.717, 1.165) is 12.5 Å². The summed E-state index contributed by atoms with van der Waals surface area (Å²) in [6.45, 7) is 3.71. The standard InChI is InChI=1S/C15H22N2O6S2/c1-4-5-8-16-25(21,22)14-9-12(6-7-13(14)23-3)17-15(18)11(2)10-24(17,19)20/h6-7,9,11,16H,4-5,8,10H2,1-3H3. The van der Waals surface area contributed by atoms with Gasteiger partial charge < -0.3 is 4.74 Å². The molecule has 0 aliphatic carbocycles. The average molecular weight is 390 g/mol. The van der Waals surface area contributed by atoms with E-state index in [1.54, 1.807) is 0 Å². The Kier molecular flexibility index (Phi) is 5.75. The zero-order valence-corrected chi connectivity index (χ0v) is 16.0. The molecule has 1 atom stereocenters. The van der Waals surface area contributed by atoms with Crippen LogP contribution in [-0.4, -0.2) is 42.2 Å². The number of rotatable bonds is 7. The number of anilines is 1. The Labute approximate surface area is 148 Å². The van der Waals surface area contributed by atoms with E-state index in [4.69, 9.17) is 4.74 Å². The maximum absolute atomic E-state index is 12.5. The number of amides is 1. The number of carbonyl (C=O) groups is 1. The monoisotopic (exact) mass is 390 g/mol. The first-order chi connectivity index (χ1) is 11.6. The molecule has 10 heteroatoms. The Morgan fingerprint density at radius 3 is 2.56 bits per heavy atom. The largest absolute Gasteiger partial charge is 0.495 e. The number of benzene rings is 1. The summed E-state index contributed by atoms with van der Waals surface area (Å²) in [4.78, 5) is 12.0. The van der Waals surface area contributed by atoms with Crippen LogP contribution in [0.25, 0.3) is 0 Å². The Balaban J connectivity index is 2.49. The van der Waals surface area contributed by atoms with Crippen LogP contribution in [0.1, 0.15) is 26.7 Å². The maximum Gasteiger partial charge on any atom is 0.244 e. The maximum atomic E-state index is 12.5. The minimum atomic E-state index is -3.90. The summed E-state index contributed by atoms with van der Waals surface area (Å²) >= 11 is 0. The molecule has 140 valence electrons. The van der Waals surface area contributed by atoms with Crippen LogP contribution in [-0.2, 0) is 24.8 Å². The summed E-state index contributed by atoms with van der Waals surface area (Å²) < 4.78 is 57.7. The minimum absolute atomic E-state index is 0.00832. The summed E-state index contributed by atoms with van der Waals surface area (Å²) in [6, 6.07) is 3.85. The molecule has 1 aromatic carbocycles. The number of unbranched alkanes of at least 4 members (excludes halogenated alkanes) is 1. The van der Waals surface area contributed by atoms with Crippen molar-refractivity contribution in [2.24, 2.45) is 5.92 Å². The first kappa shape index (κ1) is 19.7. The van der Waals surface area contributed by atoms with Gasteiger partial charge in [-0.2, -0.15) is 0 Å².